The number of carbonyl (C=O) groups is 2. The smallest absolute Gasteiger partial charge is 0.329 e. The summed E-state index contributed by atoms with van der Waals surface area (Å²) in [5.41, 5.74) is -1.18. The molecule has 1 aromatic heterocycles. The quantitative estimate of drug-likeness (QED) is 0.768. The van der Waals surface area contributed by atoms with Gasteiger partial charge < -0.3 is 20.3 Å². The maximum atomic E-state index is 11.9. The second-order valence-corrected chi connectivity index (χ2v) is 5.61. The van der Waals surface area contributed by atoms with Crippen LogP contribution in [0.1, 0.15) is 44.3 Å². The summed E-state index contributed by atoms with van der Waals surface area (Å²) >= 11 is 0. The molecule has 3 N–H and O–H groups in total. The second-order valence-electron chi connectivity index (χ2n) is 5.61. The Morgan fingerprint density at radius 2 is 2.10 bits per heavy atom. The Hall–Kier alpha value is -2.12. The zero-order chi connectivity index (χ0) is 15.5. The van der Waals surface area contributed by atoms with Crippen molar-refractivity contribution in [3.63, 3.8) is 0 Å². The number of carbonyl (C=O) groups excluding carboxylic acids is 1. The third-order valence-corrected chi connectivity index (χ3v) is 3.86. The van der Waals surface area contributed by atoms with E-state index >= 15 is 0 Å². The van der Waals surface area contributed by atoms with Crippen LogP contribution in [0.3, 0.4) is 0 Å². The highest BCUT2D eigenvalue weighted by Gasteiger charge is 2.42. The summed E-state index contributed by atoms with van der Waals surface area (Å²) in [5, 5.41) is 18.2. The molecule has 8 heteroatoms. The first-order valence-corrected chi connectivity index (χ1v) is 7.00. The monoisotopic (exact) mass is 296 g/mol. The van der Waals surface area contributed by atoms with Crippen molar-refractivity contribution in [1.82, 2.24) is 20.8 Å². The Morgan fingerprint density at radius 1 is 1.43 bits per heavy atom. The van der Waals surface area contributed by atoms with Crippen LogP contribution in [0.4, 0.5) is 4.79 Å². The Morgan fingerprint density at radius 3 is 2.62 bits per heavy atom. The number of hydrogen-bond donors (Lipinski definition) is 3. The van der Waals surface area contributed by atoms with Crippen LogP contribution in [-0.4, -0.2) is 32.8 Å². The van der Waals surface area contributed by atoms with E-state index in [9.17, 15) is 14.7 Å². The molecule has 1 aliphatic rings. The minimum absolute atomic E-state index is 0.0682. The number of nitrogens with zero attached hydrogens (tertiary/aromatic N) is 2. The van der Waals surface area contributed by atoms with Crippen LogP contribution in [0.15, 0.2) is 4.52 Å². The van der Waals surface area contributed by atoms with Gasteiger partial charge in [-0.3, -0.25) is 0 Å². The number of nitrogens with one attached hydrogen (secondary N) is 2. The van der Waals surface area contributed by atoms with E-state index in [1.165, 1.54) is 0 Å². The molecule has 2 amide bonds. The number of carboxylic acid groups (broad SMARTS) is 1. The number of aliphatic carboxylic acids is 1. The number of rotatable bonds is 4. The Labute approximate surface area is 122 Å². The molecule has 0 saturated heterocycles. The van der Waals surface area contributed by atoms with Gasteiger partial charge in [0.15, 0.2) is 5.82 Å². The maximum Gasteiger partial charge on any atom is 0.329 e. The molecule has 0 radical (unpaired) electrons. The molecule has 116 valence electrons. The van der Waals surface area contributed by atoms with Crippen molar-refractivity contribution >= 4 is 12.0 Å². The summed E-state index contributed by atoms with van der Waals surface area (Å²) in [6.45, 7) is 3.83. The summed E-state index contributed by atoms with van der Waals surface area (Å²) in [7, 11) is 0. The highest BCUT2D eigenvalue weighted by atomic mass is 16.5. The lowest BCUT2D eigenvalue weighted by atomic mass is 9.77. The van der Waals surface area contributed by atoms with E-state index in [1.54, 1.807) is 6.92 Å². The zero-order valence-corrected chi connectivity index (χ0v) is 12.2. The van der Waals surface area contributed by atoms with Gasteiger partial charge in [0.1, 0.15) is 5.54 Å². The van der Waals surface area contributed by atoms with E-state index in [0.29, 0.717) is 24.6 Å². The lowest BCUT2D eigenvalue weighted by Gasteiger charge is -2.36. The first-order valence-electron chi connectivity index (χ1n) is 7.00. The van der Waals surface area contributed by atoms with Crippen LogP contribution >= 0.6 is 0 Å². The lowest BCUT2D eigenvalue weighted by molar-refractivity contribution is -0.146. The molecule has 0 atom stereocenters. The van der Waals surface area contributed by atoms with Crippen molar-refractivity contribution in [3.8, 4) is 0 Å². The maximum absolute atomic E-state index is 11.9. The van der Waals surface area contributed by atoms with E-state index < -0.39 is 17.5 Å². The van der Waals surface area contributed by atoms with Gasteiger partial charge in [0.2, 0.25) is 5.89 Å². The van der Waals surface area contributed by atoms with Crippen LogP contribution in [0, 0.1) is 12.8 Å². The van der Waals surface area contributed by atoms with Crippen molar-refractivity contribution in [3.05, 3.63) is 11.7 Å². The molecule has 1 heterocycles. The number of urea groups is 1. The molecule has 21 heavy (non-hydrogen) atoms. The normalized spacial score (nSPS) is 25.3. The highest BCUT2D eigenvalue weighted by Crippen LogP contribution is 2.32. The van der Waals surface area contributed by atoms with E-state index in [4.69, 9.17) is 4.52 Å². The van der Waals surface area contributed by atoms with Crippen LogP contribution < -0.4 is 10.6 Å². The van der Waals surface area contributed by atoms with Gasteiger partial charge in [0.05, 0.1) is 6.54 Å². The van der Waals surface area contributed by atoms with Gasteiger partial charge in [0.25, 0.3) is 0 Å². The molecule has 1 aliphatic carbocycles. The molecule has 0 bridgehead atoms. The molecule has 0 aromatic carbocycles. The number of aryl methyl sites for hydroxylation is 1. The molecular formula is C13H20N4O4. The predicted molar refractivity (Wildman–Crippen MR) is 72.4 cm³/mol. The summed E-state index contributed by atoms with van der Waals surface area (Å²) in [4.78, 5) is 27.4. The lowest BCUT2D eigenvalue weighted by Crippen LogP contribution is -2.58. The Bertz CT molecular complexity index is 520. The fourth-order valence-electron chi connectivity index (χ4n) is 2.48. The highest BCUT2D eigenvalue weighted by molar-refractivity contribution is 5.86. The molecule has 8 nitrogen and oxygen atoms in total. The molecule has 1 aromatic rings. The van der Waals surface area contributed by atoms with Gasteiger partial charge in [0, 0.05) is 0 Å². The Kier molecular flexibility index (Phi) is 4.44. The number of hydrogen-bond acceptors (Lipinski definition) is 5. The minimum atomic E-state index is -1.18. The van der Waals surface area contributed by atoms with Crippen LogP contribution in [-0.2, 0) is 11.3 Å². The van der Waals surface area contributed by atoms with Gasteiger partial charge in [-0.1, -0.05) is 12.1 Å². The van der Waals surface area contributed by atoms with Gasteiger partial charge >= 0.3 is 12.0 Å². The van der Waals surface area contributed by atoms with Crippen molar-refractivity contribution in [1.29, 1.82) is 0 Å². The van der Waals surface area contributed by atoms with Crippen LogP contribution in [0.5, 0.6) is 0 Å². The SMILES string of the molecule is Cc1noc(CNC(=O)NC2(C(=O)O)CCC(C)CC2)n1. The van der Waals surface area contributed by atoms with E-state index in [1.807, 2.05) is 0 Å². The summed E-state index contributed by atoms with van der Waals surface area (Å²) in [5.74, 6) is 0.265. The number of amides is 2. The average molecular weight is 296 g/mol. The predicted octanol–water partition coefficient (Wildman–Crippen LogP) is 1.21. The summed E-state index contributed by atoms with van der Waals surface area (Å²) in [6.07, 6.45) is 2.46. The number of aromatic nitrogens is 2. The molecule has 2 rings (SSSR count). The first kappa shape index (κ1) is 15.3. The largest absolute Gasteiger partial charge is 0.480 e. The molecule has 1 saturated carbocycles. The van der Waals surface area contributed by atoms with Crippen molar-refractivity contribution in [2.24, 2.45) is 5.92 Å². The first-order chi connectivity index (χ1) is 9.91. The third kappa shape index (κ3) is 3.71. The van der Waals surface area contributed by atoms with Crippen molar-refractivity contribution < 1.29 is 19.2 Å². The fourth-order valence-corrected chi connectivity index (χ4v) is 2.48. The fraction of sp³-hybridized carbons (Fsp3) is 0.692. The summed E-state index contributed by atoms with van der Waals surface area (Å²) in [6, 6.07) is -0.539. The molecule has 1 fully saturated rings. The van der Waals surface area contributed by atoms with E-state index in [0.717, 1.165) is 12.8 Å². The van der Waals surface area contributed by atoms with Gasteiger partial charge in [-0.25, -0.2) is 9.59 Å². The van der Waals surface area contributed by atoms with Crippen LogP contribution in [0.25, 0.3) is 0 Å². The molecule has 0 spiro atoms. The van der Waals surface area contributed by atoms with Gasteiger partial charge in [-0.15, -0.1) is 0 Å². The molecular weight excluding hydrogens is 276 g/mol. The third-order valence-electron chi connectivity index (χ3n) is 3.86. The van der Waals surface area contributed by atoms with Crippen LogP contribution in [0.2, 0.25) is 0 Å². The zero-order valence-electron chi connectivity index (χ0n) is 12.2. The standard InChI is InChI=1S/C13H20N4O4/c1-8-3-5-13(6-4-8,11(18)19)16-12(20)14-7-10-15-9(2)17-21-10/h8H,3-7H2,1-2H3,(H,18,19)(H2,14,16,20). The van der Waals surface area contributed by atoms with E-state index in [2.05, 4.69) is 27.7 Å². The minimum Gasteiger partial charge on any atom is -0.480 e. The topological polar surface area (TPSA) is 117 Å². The van der Waals surface area contributed by atoms with E-state index in [-0.39, 0.29) is 12.4 Å². The van der Waals surface area contributed by atoms with Crippen molar-refractivity contribution in [2.45, 2.75) is 51.6 Å². The summed E-state index contributed by atoms with van der Waals surface area (Å²) < 4.78 is 4.87. The number of carboxylic acids is 1. The van der Waals surface area contributed by atoms with Gasteiger partial charge in [-0.2, -0.15) is 4.98 Å². The second kappa shape index (κ2) is 6.11. The Balaban J connectivity index is 1.91. The molecule has 0 unspecified atom stereocenters. The van der Waals surface area contributed by atoms with Gasteiger partial charge in [-0.05, 0) is 38.5 Å². The molecule has 0 aliphatic heterocycles. The average Bonchev–Trinajstić information content (AvgIpc) is 2.85. The van der Waals surface area contributed by atoms with Crippen molar-refractivity contribution in [2.75, 3.05) is 0 Å².